The number of unbranched alkanes of at least 4 members (excludes halogenated alkanes) is 1. The molecule has 33 heavy (non-hydrogen) atoms. The summed E-state index contributed by atoms with van der Waals surface area (Å²) in [6, 6.07) is 10.5. The van der Waals surface area contributed by atoms with E-state index in [1.165, 1.54) is 12.2 Å². The minimum absolute atomic E-state index is 0.168. The Kier molecular flexibility index (Phi) is 10.5. The Hall–Kier alpha value is -3.22. The maximum Gasteiger partial charge on any atom is 0.166 e. The molecule has 0 saturated heterocycles. The van der Waals surface area contributed by atoms with Gasteiger partial charge in [-0.05, 0) is 59.0 Å². The first-order valence-corrected chi connectivity index (χ1v) is 11.0. The standard InChI is InChI=1S/C27H32O6/c1-4-5-6-23(24(30)12-8-19-7-11-21(17-28)22(15-19)18-29)25(31)13-9-20-10-14-26(32-2)27(16-20)33-3/h7-16,23,28-29H,4-6,17-18H2,1-3H3/b12-8+,13-9+. The second-order valence-corrected chi connectivity index (χ2v) is 7.63. The molecular weight excluding hydrogens is 420 g/mol. The topological polar surface area (TPSA) is 93.1 Å². The summed E-state index contributed by atoms with van der Waals surface area (Å²) in [5.74, 6) is -0.116. The van der Waals surface area contributed by atoms with Crippen LogP contribution in [0, 0.1) is 5.92 Å². The van der Waals surface area contributed by atoms with E-state index in [-0.39, 0.29) is 24.8 Å². The van der Waals surface area contributed by atoms with Gasteiger partial charge in [-0.2, -0.15) is 0 Å². The molecule has 1 unspecified atom stereocenters. The van der Waals surface area contributed by atoms with Gasteiger partial charge in [-0.25, -0.2) is 0 Å². The fourth-order valence-corrected chi connectivity index (χ4v) is 3.43. The van der Waals surface area contributed by atoms with Crippen molar-refractivity contribution in [3.05, 3.63) is 70.8 Å². The maximum atomic E-state index is 12.9. The monoisotopic (exact) mass is 452 g/mol. The molecule has 2 N–H and O–H groups in total. The van der Waals surface area contributed by atoms with Gasteiger partial charge in [0.15, 0.2) is 23.1 Å². The molecule has 0 heterocycles. The second kappa shape index (κ2) is 13.4. The van der Waals surface area contributed by atoms with E-state index < -0.39 is 5.92 Å². The van der Waals surface area contributed by atoms with Crippen LogP contribution in [0.3, 0.4) is 0 Å². The van der Waals surface area contributed by atoms with E-state index >= 15 is 0 Å². The van der Waals surface area contributed by atoms with Crippen LogP contribution in [0.2, 0.25) is 0 Å². The number of hydrogen-bond acceptors (Lipinski definition) is 6. The number of methoxy groups -OCH3 is 2. The van der Waals surface area contributed by atoms with Gasteiger partial charge in [0.1, 0.15) is 0 Å². The van der Waals surface area contributed by atoms with Gasteiger partial charge >= 0.3 is 0 Å². The summed E-state index contributed by atoms with van der Waals surface area (Å²) in [5.41, 5.74) is 2.71. The third kappa shape index (κ3) is 7.41. The zero-order valence-corrected chi connectivity index (χ0v) is 19.4. The molecule has 0 amide bonds. The molecule has 2 rings (SSSR count). The number of aliphatic hydroxyl groups excluding tert-OH is 2. The number of carbonyl (C=O) groups excluding carboxylic acids is 2. The SMILES string of the molecule is CCCCC(C(=O)/C=C/c1ccc(CO)c(CO)c1)C(=O)/C=C/c1ccc(OC)c(OC)c1. The van der Waals surface area contributed by atoms with E-state index in [4.69, 9.17) is 9.47 Å². The van der Waals surface area contributed by atoms with Crippen molar-refractivity contribution in [2.24, 2.45) is 5.92 Å². The van der Waals surface area contributed by atoms with E-state index in [0.717, 1.165) is 18.4 Å². The van der Waals surface area contributed by atoms with E-state index in [9.17, 15) is 19.8 Å². The predicted octanol–water partition coefficient (Wildman–Crippen LogP) is 4.36. The molecule has 0 radical (unpaired) electrons. The molecule has 0 aromatic heterocycles. The maximum absolute atomic E-state index is 12.9. The normalized spacial score (nSPS) is 12.3. The lowest BCUT2D eigenvalue weighted by Gasteiger charge is -2.11. The smallest absolute Gasteiger partial charge is 0.166 e. The zero-order chi connectivity index (χ0) is 24.2. The minimum Gasteiger partial charge on any atom is -0.493 e. The van der Waals surface area contributed by atoms with Gasteiger partial charge in [-0.3, -0.25) is 9.59 Å². The summed E-state index contributed by atoms with van der Waals surface area (Å²) < 4.78 is 10.5. The lowest BCUT2D eigenvalue weighted by molar-refractivity contribution is -0.127. The zero-order valence-electron chi connectivity index (χ0n) is 19.4. The van der Waals surface area contributed by atoms with Crippen LogP contribution in [-0.2, 0) is 22.8 Å². The average Bonchev–Trinajstić information content (AvgIpc) is 2.85. The molecule has 6 nitrogen and oxygen atoms in total. The summed E-state index contributed by atoms with van der Waals surface area (Å²) in [6.07, 6.45) is 8.27. The molecule has 0 saturated carbocycles. The molecule has 0 aliphatic heterocycles. The number of ether oxygens (including phenoxy) is 2. The average molecular weight is 453 g/mol. The number of hydrogen-bond donors (Lipinski definition) is 2. The molecule has 0 aliphatic rings. The highest BCUT2D eigenvalue weighted by Gasteiger charge is 2.22. The van der Waals surface area contributed by atoms with Crippen molar-refractivity contribution in [2.75, 3.05) is 14.2 Å². The van der Waals surface area contributed by atoms with Gasteiger partial charge in [0.2, 0.25) is 0 Å². The molecule has 0 bridgehead atoms. The number of allylic oxidation sites excluding steroid dienone is 2. The highest BCUT2D eigenvalue weighted by Crippen LogP contribution is 2.28. The first-order chi connectivity index (χ1) is 16.0. The molecule has 0 fully saturated rings. The number of rotatable bonds is 13. The van der Waals surface area contributed by atoms with Gasteiger partial charge in [-0.15, -0.1) is 0 Å². The van der Waals surface area contributed by atoms with Gasteiger partial charge in [0.05, 0.1) is 33.4 Å². The molecule has 2 aromatic carbocycles. The van der Waals surface area contributed by atoms with Gasteiger partial charge in [0.25, 0.3) is 0 Å². The molecule has 0 spiro atoms. The van der Waals surface area contributed by atoms with Crippen molar-refractivity contribution >= 4 is 23.7 Å². The fraction of sp³-hybridized carbons (Fsp3) is 0.333. The van der Waals surface area contributed by atoms with Crippen molar-refractivity contribution in [1.82, 2.24) is 0 Å². The molecule has 6 heteroatoms. The third-order valence-corrected chi connectivity index (χ3v) is 5.39. The van der Waals surface area contributed by atoms with E-state index in [0.29, 0.717) is 34.6 Å². The van der Waals surface area contributed by atoms with E-state index in [2.05, 4.69) is 0 Å². The number of benzene rings is 2. The third-order valence-electron chi connectivity index (χ3n) is 5.39. The van der Waals surface area contributed by atoms with Crippen LogP contribution in [0.1, 0.15) is 48.4 Å². The number of aliphatic hydroxyl groups is 2. The Morgan fingerprint density at radius 1 is 0.848 bits per heavy atom. The molecule has 2 aromatic rings. The van der Waals surface area contributed by atoms with Crippen molar-refractivity contribution in [1.29, 1.82) is 0 Å². The van der Waals surface area contributed by atoms with Crippen LogP contribution >= 0.6 is 0 Å². The van der Waals surface area contributed by atoms with Gasteiger partial charge in [-0.1, -0.05) is 50.1 Å². The Balaban J connectivity index is 2.18. The van der Waals surface area contributed by atoms with Crippen LogP contribution in [-0.4, -0.2) is 36.0 Å². The Morgan fingerprint density at radius 3 is 1.97 bits per heavy atom. The lowest BCUT2D eigenvalue weighted by atomic mass is 9.91. The molecule has 176 valence electrons. The summed E-state index contributed by atoms with van der Waals surface area (Å²) in [5, 5.41) is 18.8. The van der Waals surface area contributed by atoms with Gasteiger partial charge < -0.3 is 19.7 Å². The summed E-state index contributed by atoms with van der Waals surface area (Å²) in [4.78, 5) is 25.7. The fourth-order valence-electron chi connectivity index (χ4n) is 3.43. The minimum atomic E-state index is -0.758. The Bertz CT molecular complexity index is 928. The summed E-state index contributed by atoms with van der Waals surface area (Å²) >= 11 is 0. The van der Waals surface area contributed by atoms with Crippen molar-refractivity contribution < 1.29 is 29.3 Å². The highest BCUT2D eigenvalue weighted by atomic mass is 16.5. The quantitative estimate of drug-likeness (QED) is 0.347. The second-order valence-electron chi connectivity index (χ2n) is 7.63. The number of carbonyl (C=O) groups is 2. The predicted molar refractivity (Wildman–Crippen MR) is 129 cm³/mol. The van der Waals surface area contributed by atoms with E-state index in [1.54, 1.807) is 56.7 Å². The first-order valence-electron chi connectivity index (χ1n) is 11.0. The highest BCUT2D eigenvalue weighted by molar-refractivity contribution is 6.13. The van der Waals surface area contributed by atoms with E-state index in [1.807, 2.05) is 13.0 Å². The first kappa shape index (κ1) is 26.0. The Morgan fingerprint density at radius 2 is 1.42 bits per heavy atom. The van der Waals surface area contributed by atoms with Gasteiger partial charge in [0, 0.05) is 0 Å². The largest absolute Gasteiger partial charge is 0.493 e. The van der Waals surface area contributed by atoms with Crippen LogP contribution in [0.25, 0.3) is 12.2 Å². The lowest BCUT2D eigenvalue weighted by Crippen LogP contribution is -2.21. The van der Waals surface area contributed by atoms with Crippen molar-refractivity contribution in [3.8, 4) is 11.5 Å². The van der Waals surface area contributed by atoms with Crippen LogP contribution < -0.4 is 9.47 Å². The summed E-state index contributed by atoms with van der Waals surface area (Å²) in [7, 11) is 3.10. The van der Waals surface area contributed by atoms with Crippen LogP contribution in [0.15, 0.2) is 48.6 Å². The molecule has 0 aliphatic carbocycles. The van der Waals surface area contributed by atoms with Crippen LogP contribution in [0.5, 0.6) is 11.5 Å². The van der Waals surface area contributed by atoms with Crippen LogP contribution in [0.4, 0.5) is 0 Å². The van der Waals surface area contributed by atoms with Crippen molar-refractivity contribution in [2.45, 2.75) is 39.4 Å². The molecular formula is C27H32O6. The van der Waals surface area contributed by atoms with Crippen molar-refractivity contribution in [3.63, 3.8) is 0 Å². The number of ketones is 2. The molecule has 1 atom stereocenters. The Labute approximate surface area is 195 Å². The summed E-state index contributed by atoms with van der Waals surface area (Å²) in [6.45, 7) is 1.64.